The maximum Gasteiger partial charge on any atom is 0.408 e. The summed E-state index contributed by atoms with van der Waals surface area (Å²) in [4.78, 5) is 36.1. The Bertz CT molecular complexity index is 868. The molecule has 2 amide bonds. The molecule has 10 heteroatoms. The fraction of sp³-hybridized carbons (Fsp3) is 0.529. The van der Waals surface area contributed by atoms with Crippen molar-refractivity contribution in [3.63, 3.8) is 0 Å². The van der Waals surface area contributed by atoms with E-state index < -0.39 is 23.6 Å². The third-order valence-corrected chi connectivity index (χ3v) is 3.83. The molecule has 0 unspecified atom stereocenters. The number of carbonyl (C=O) groups excluding carboxylic acids is 2. The van der Waals surface area contributed by atoms with Crippen LogP contribution in [0.1, 0.15) is 74.6 Å². The molecular formula is C17H23N7O3. The van der Waals surface area contributed by atoms with Gasteiger partial charge in [-0.2, -0.15) is 4.68 Å². The summed E-state index contributed by atoms with van der Waals surface area (Å²) in [6.07, 6.45) is 2.73. The number of ether oxygens (including phenoxy) is 1. The SMILES string of the molecule is C[C@H](NC(=O)OC(C)(C)C)c1nc(C2CC2)nn1-c1cc(C(N)=O)ncn1. The van der Waals surface area contributed by atoms with Crippen LogP contribution >= 0.6 is 0 Å². The van der Waals surface area contributed by atoms with E-state index in [-0.39, 0.29) is 5.69 Å². The summed E-state index contributed by atoms with van der Waals surface area (Å²) in [5, 5.41) is 7.27. The Morgan fingerprint density at radius 2 is 2.04 bits per heavy atom. The van der Waals surface area contributed by atoms with Crippen LogP contribution in [0.25, 0.3) is 5.82 Å². The summed E-state index contributed by atoms with van der Waals surface area (Å²) in [6.45, 7) is 7.14. The lowest BCUT2D eigenvalue weighted by Crippen LogP contribution is -2.35. The first-order valence-electron chi connectivity index (χ1n) is 8.72. The predicted molar refractivity (Wildman–Crippen MR) is 95.2 cm³/mol. The highest BCUT2D eigenvalue weighted by Gasteiger charge is 2.31. The van der Waals surface area contributed by atoms with Gasteiger partial charge in [-0.15, -0.1) is 5.10 Å². The number of nitrogens with zero attached hydrogens (tertiary/aromatic N) is 5. The van der Waals surface area contributed by atoms with Crippen LogP contribution in [-0.4, -0.2) is 42.3 Å². The van der Waals surface area contributed by atoms with E-state index in [0.717, 1.165) is 12.8 Å². The lowest BCUT2D eigenvalue weighted by Gasteiger charge is -2.21. The average molecular weight is 373 g/mol. The molecule has 27 heavy (non-hydrogen) atoms. The molecular weight excluding hydrogens is 350 g/mol. The summed E-state index contributed by atoms with van der Waals surface area (Å²) in [5.41, 5.74) is 4.76. The van der Waals surface area contributed by atoms with Gasteiger partial charge in [0, 0.05) is 12.0 Å². The van der Waals surface area contributed by atoms with Crippen molar-refractivity contribution in [3.05, 3.63) is 29.7 Å². The Balaban J connectivity index is 1.91. The maximum absolute atomic E-state index is 12.1. The smallest absolute Gasteiger partial charge is 0.408 e. The Morgan fingerprint density at radius 1 is 1.33 bits per heavy atom. The van der Waals surface area contributed by atoms with Crippen molar-refractivity contribution >= 4 is 12.0 Å². The topological polar surface area (TPSA) is 138 Å². The first-order valence-corrected chi connectivity index (χ1v) is 8.72. The Hall–Kier alpha value is -3.04. The first kappa shape index (κ1) is 18.7. The second-order valence-corrected chi connectivity index (χ2v) is 7.51. The van der Waals surface area contributed by atoms with Gasteiger partial charge in [-0.25, -0.2) is 19.7 Å². The summed E-state index contributed by atoms with van der Waals surface area (Å²) in [7, 11) is 0. The maximum atomic E-state index is 12.1. The number of hydrogen-bond acceptors (Lipinski definition) is 7. The Morgan fingerprint density at radius 3 is 2.63 bits per heavy atom. The summed E-state index contributed by atoms with van der Waals surface area (Å²) in [5.74, 6) is 1.16. The van der Waals surface area contributed by atoms with Crippen LogP contribution in [0.15, 0.2) is 12.4 Å². The van der Waals surface area contributed by atoms with Crippen LogP contribution < -0.4 is 11.1 Å². The summed E-state index contributed by atoms with van der Waals surface area (Å²) < 4.78 is 6.80. The van der Waals surface area contributed by atoms with Crippen molar-refractivity contribution in [1.82, 2.24) is 30.0 Å². The van der Waals surface area contributed by atoms with Crippen LogP contribution in [0.5, 0.6) is 0 Å². The Labute approximate surface area is 156 Å². The lowest BCUT2D eigenvalue weighted by molar-refractivity contribution is 0.0505. The van der Waals surface area contributed by atoms with E-state index >= 15 is 0 Å². The van der Waals surface area contributed by atoms with Gasteiger partial charge in [0.25, 0.3) is 5.91 Å². The summed E-state index contributed by atoms with van der Waals surface area (Å²) in [6, 6.07) is 0.948. The third kappa shape index (κ3) is 4.57. The average Bonchev–Trinajstić information content (AvgIpc) is 3.31. The normalized spacial score (nSPS) is 15.3. The van der Waals surface area contributed by atoms with Crippen LogP contribution in [0.4, 0.5) is 4.79 Å². The van der Waals surface area contributed by atoms with Crippen LogP contribution in [0.3, 0.4) is 0 Å². The quantitative estimate of drug-likeness (QED) is 0.812. The number of alkyl carbamates (subject to hydrolysis) is 1. The van der Waals surface area contributed by atoms with Crippen molar-refractivity contribution in [2.45, 2.75) is 58.1 Å². The molecule has 144 valence electrons. The molecule has 2 aromatic rings. The van der Waals surface area contributed by atoms with Gasteiger partial charge in [0.05, 0.1) is 6.04 Å². The fourth-order valence-electron chi connectivity index (χ4n) is 2.45. The van der Waals surface area contributed by atoms with E-state index in [9.17, 15) is 9.59 Å². The first-order chi connectivity index (χ1) is 12.6. The van der Waals surface area contributed by atoms with Crippen molar-refractivity contribution in [2.75, 3.05) is 0 Å². The zero-order chi connectivity index (χ0) is 19.8. The minimum Gasteiger partial charge on any atom is -0.444 e. The standard InChI is InChI=1S/C17H23N7O3/c1-9(21-16(26)27-17(2,3)4)15-22-14(10-5-6-10)23-24(15)12-7-11(13(18)25)19-8-20-12/h7-10H,5-6H2,1-4H3,(H2,18,25)(H,21,26)/t9-/m0/s1. The molecule has 10 nitrogen and oxygen atoms in total. The third-order valence-electron chi connectivity index (χ3n) is 3.83. The zero-order valence-corrected chi connectivity index (χ0v) is 15.8. The number of nitrogens with two attached hydrogens (primary N) is 1. The second-order valence-electron chi connectivity index (χ2n) is 7.51. The van der Waals surface area contributed by atoms with Gasteiger partial charge >= 0.3 is 6.09 Å². The van der Waals surface area contributed by atoms with E-state index in [4.69, 9.17) is 10.5 Å². The zero-order valence-electron chi connectivity index (χ0n) is 15.8. The van der Waals surface area contributed by atoms with Gasteiger partial charge in [-0.05, 0) is 40.5 Å². The number of amides is 2. The van der Waals surface area contributed by atoms with Gasteiger partial charge < -0.3 is 15.8 Å². The molecule has 0 spiro atoms. The van der Waals surface area contributed by atoms with Gasteiger partial charge in [0.1, 0.15) is 17.6 Å². The molecule has 2 heterocycles. The molecule has 0 aromatic carbocycles. The molecule has 0 aliphatic heterocycles. The highest BCUT2D eigenvalue weighted by Crippen LogP contribution is 2.38. The molecule has 1 atom stereocenters. The molecule has 0 bridgehead atoms. The largest absolute Gasteiger partial charge is 0.444 e. The number of aromatic nitrogens is 5. The highest BCUT2D eigenvalue weighted by atomic mass is 16.6. The van der Waals surface area contributed by atoms with Crippen LogP contribution in [0.2, 0.25) is 0 Å². The number of hydrogen-bond donors (Lipinski definition) is 2. The van der Waals surface area contributed by atoms with E-state index in [1.807, 2.05) is 0 Å². The monoisotopic (exact) mass is 373 g/mol. The van der Waals surface area contributed by atoms with E-state index in [0.29, 0.717) is 23.4 Å². The molecule has 2 aromatic heterocycles. The van der Waals surface area contributed by atoms with Crippen molar-refractivity contribution in [3.8, 4) is 5.82 Å². The molecule has 3 rings (SSSR count). The molecule has 3 N–H and O–H groups in total. The van der Waals surface area contributed by atoms with Gasteiger partial charge in [0.15, 0.2) is 17.5 Å². The number of nitrogens with one attached hydrogen (secondary N) is 1. The van der Waals surface area contributed by atoms with E-state index in [1.54, 1.807) is 27.7 Å². The number of rotatable bonds is 5. The molecule has 1 fully saturated rings. The fourth-order valence-corrected chi connectivity index (χ4v) is 2.45. The van der Waals surface area contributed by atoms with Crippen molar-refractivity contribution < 1.29 is 14.3 Å². The van der Waals surface area contributed by atoms with Crippen molar-refractivity contribution in [1.29, 1.82) is 0 Å². The number of carbonyl (C=O) groups is 2. The number of primary amides is 1. The Kier molecular flexibility index (Phi) is 4.81. The van der Waals surface area contributed by atoms with Gasteiger partial charge in [0.2, 0.25) is 0 Å². The molecule has 0 radical (unpaired) electrons. The molecule has 1 aliphatic carbocycles. The molecule has 0 saturated heterocycles. The molecule has 1 aliphatic rings. The van der Waals surface area contributed by atoms with Crippen molar-refractivity contribution in [2.24, 2.45) is 5.73 Å². The second kappa shape index (κ2) is 6.93. The summed E-state index contributed by atoms with van der Waals surface area (Å²) >= 11 is 0. The highest BCUT2D eigenvalue weighted by molar-refractivity contribution is 5.91. The van der Waals surface area contributed by atoms with E-state index in [2.05, 4.69) is 25.4 Å². The lowest BCUT2D eigenvalue weighted by atomic mass is 10.2. The van der Waals surface area contributed by atoms with Crippen LogP contribution in [0, 0.1) is 0 Å². The molecule has 1 saturated carbocycles. The van der Waals surface area contributed by atoms with Gasteiger partial charge in [-0.3, -0.25) is 4.79 Å². The minimum absolute atomic E-state index is 0.0715. The van der Waals surface area contributed by atoms with Gasteiger partial charge in [-0.1, -0.05) is 0 Å². The van der Waals surface area contributed by atoms with E-state index in [1.165, 1.54) is 17.1 Å². The minimum atomic E-state index is -0.664. The van der Waals surface area contributed by atoms with Crippen LogP contribution in [-0.2, 0) is 4.74 Å². The predicted octanol–water partition coefficient (Wildman–Crippen LogP) is 1.62.